The van der Waals surface area contributed by atoms with E-state index in [1.54, 1.807) is 12.1 Å². The highest BCUT2D eigenvalue weighted by molar-refractivity contribution is 6.02. The number of phenolic OH excluding ortho intramolecular Hbond substituents is 1. The third-order valence-electron chi connectivity index (χ3n) is 2.86. The molecule has 0 aliphatic heterocycles. The first-order chi connectivity index (χ1) is 9.39. The largest absolute Gasteiger partial charge is 0.507 e. The van der Waals surface area contributed by atoms with E-state index in [1.165, 1.54) is 20.1 Å². The summed E-state index contributed by atoms with van der Waals surface area (Å²) in [6.45, 7) is 2.74. The van der Waals surface area contributed by atoms with Crippen LogP contribution in [0.25, 0.3) is 10.8 Å². The van der Waals surface area contributed by atoms with Gasteiger partial charge in [0, 0.05) is 5.56 Å². The number of benzene rings is 2. The molecule has 0 bridgehead atoms. The number of carbonyl (C=O) groups is 1. The third-order valence-corrected chi connectivity index (χ3v) is 2.86. The van der Waals surface area contributed by atoms with Crippen LogP contribution in [0.5, 0.6) is 5.75 Å². The third kappa shape index (κ3) is 2.95. The first-order valence-electron chi connectivity index (χ1n) is 6.16. The molecule has 0 saturated heterocycles. The highest BCUT2D eigenvalue weighted by Gasteiger charge is 2.22. The maximum Gasteiger partial charge on any atom is 0.271 e. The minimum atomic E-state index is -1.50. The Balaban J connectivity index is 2.30. The number of phenols is 1. The van der Waals surface area contributed by atoms with Gasteiger partial charge in [-0.1, -0.05) is 30.3 Å². The van der Waals surface area contributed by atoms with E-state index in [9.17, 15) is 15.0 Å². The molecule has 104 valence electrons. The summed E-state index contributed by atoms with van der Waals surface area (Å²) >= 11 is 0. The van der Waals surface area contributed by atoms with Crippen LogP contribution in [0.2, 0.25) is 0 Å². The van der Waals surface area contributed by atoms with E-state index in [1.807, 2.05) is 24.3 Å². The summed E-state index contributed by atoms with van der Waals surface area (Å²) in [6.07, 6.45) is 1.36. The topological polar surface area (TPSA) is 81.9 Å². The van der Waals surface area contributed by atoms with E-state index in [-0.39, 0.29) is 5.75 Å². The van der Waals surface area contributed by atoms with Crippen LogP contribution in [0.4, 0.5) is 0 Å². The maximum atomic E-state index is 11.5. The van der Waals surface area contributed by atoms with Gasteiger partial charge in [-0.2, -0.15) is 5.10 Å². The number of fused-ring (bicyclic) bond motifs is 1. The van der Waals surface area contributed by atoms with Crippen molar-refractivity contribution >= 4 is 22.9 Å². The van der Waals surface area contributed by atoms with E-state index < -0.39 is 11.5 Å². The molecule has 0 spiro atoms. The van der Waals surface area contributed by atoms with Gasteiger partial charge in [0.25, 0.3) is 5.91 Å². The summed E-state index contributed by atoms with van der Waals surface area (Å²) in [5.74, 6) is -0.543. The minimum absolute atomic E-state index is 0.0740. The molecule has 2 aromatic rings. The van der Waals surface area contributed by atoms with E-state index in [0.717, 1.165) is 10.8 Å². The van der Waals surface area contributed by atoms with Gasteiger partial charge in [-0.15, -0.1) is 0 Å². The Hall–Kier alpha value is -2.40. The molecule has 0 fully saturated rings. The molecule has 0 aliphatic carbocycles. The zero-order valence-corrected chi connectivity index (χ0v) is 11.3. The summed E-state index contributed by atoms with van der Waals surface area (Å²) < 4.78 is 0. The van der Waals surface area contributed by atoms with Crippen LogP contribution in [0.1, 0.15) is 19.4 Å². The SMILES string of the molecule is CC(C)(O)C(=O)N/N=C/c1c(O)ccc2ccccc12. The predicted molar refractivity (Wildman–Crippen MR) is 77.6 cm³/mol. The van der Waals surface area contributed by atoms with Crippen LogP contribution in [0.15, 0.2) is 41.5 Å². The van der Waals surface area contributed by atoms with Crippen molar-refractivity contribution in [1.29, 1.82) is 0 Å². The zero-order valence-electron chi connectivity index (χ0n) is 11.3. The fourth-order valence-electron chi connectivity index (χ4n) is 1.71. The summed E-state index contributed by atoms with van der Waals surface area (Å²) in [6, 6.07) is 10.9. The summed E-state index contributed by atoms with van der Waals surface area (Å²) in [5, 5.41) is 24.9. The standard InChI is InChI=1S/C15H16N2O3/c1-15(2,20)14(19)17-16-9-12-11-6-4-3-5-10(11)7-8-13(12)18/h3-9,18,20H,1-2H3,(H,17,19)/b16-9+. The van der Waals surface area contributed by atoms with E-state index in [4.69, 9.17) is 0 Å². The Morgan fingerprint density at radius 3 is 2.65 bits per heavy atom. The Morgan fingerprint density at radius 2 is 1.95 bits per heavy atom. The quantitative estimate of drug-likeness (QED) is 0.588. The lowest BCUT2D eigenvalue weighted by Gasteiger charge is -2.13. The minimum Gasteiger partial charge on any atom is -0.507 e. The second kappa shape index (κ2) is 5.30. The monoisotopic (exact) mass is 272 g/mol. The highest BCUT2D eigenvalue weighted by atomic mass is 16.3. The van der Waals surface area contributed by atoms with Gasteiger partial charge >= 0.3 is 0 Å². The molecule has 2 rings (SSSR count). The number of hydrogen-bond donors (Lipinski definition) is 3. The zero-order chi connectivity index (χ0) is 14.8. The summed E-state index contributed by atoms with van der Waals surface area (Å²) in [4.78, 5) is 11.5. The number of carbonyl (C=O) groups excluding carboxylic acids is 1. The van der Waals surface area contributed by atoms with Crippen molar-refractivity contribution in [3.8, 4) is 5.75 Å². The fourth-order valence-corrected chi connectivity index (χ4v) is 1.71. The second-order valence-corrected chi connectivity index (χ2v) is 4.98. The Kier molecular flexibility index (Phi) is 3.72. The van der Waals surface area contributed by atoms with Crippen molar-refractivity contribution in [3.63, 3.8) is 0 Å². The number of aromatic hydroxyl groups is 1. The van der Waals surface area contributed by atoms with Gasteiger partial charge in [0.15, 0.2) is 0 Å². The van der Waals surface area contributed by atoms with Crippen molar-refractivity contribution in [1.82, 2.24) is 5.43 Å². The van der Waals surface area contributed by atoms with Crippen LogP contribution >= 0.6 is 0 Å². The fraction of sp³-hybridized carbons (Fsp3) is 0.200. The number of nitrogens with zero attached hydrogens (tertiary/aromatic N) is 1. The van der Waals surface area contributed by atoms with Crippen LogP contribution in [0, 0.1) is 0 Å². The van der Waals surface area contributed by atoms with E-state index >= 15 is 0 Å². The molecule has 0 heterocycles. The van der Waals surface area contributed by atoms with Crippen molar-refractivity contribution in [2.24, 2.45) is 5.10 Å². The van der Waals surface area contributed by atoms with Crippen molar-refractivity contribution < 1.29 is 15.0 Å². The molecule has 0 unspecified atom stereocenters. The molecular weight excluding hydrogens is 256 g/mol. The highest BCUT2D eigenvalue weighted by Crippen LogP contribution is 2.25. The normalized spacial score (nSPS) is 11.9. The first-order valence-corrected chi connectivity index (χ1v) is 6.16. The van der Waals surface area contributed by atoms with Gasteiger partial charge in [-0.05, 0) is 30.7 Å². The predicted octanol–water partition coefficient (Wildman–Crippen LogP) is 1.77. The van der Waals surface area contributed by atoms with E-state index in [2.05, 4.69) is 10.5 Å². The number of rotatable bonds is 3. The average Bonchev–Trinajstić information content (AvgIpc) is 2.40. The smallest absolute Gasteiger partial charge is 0.271 e. The van der Waals surface area contributed by atoms with Crippen LogP contribution < -0.4 is 5.43 Å². The maximum absolute atomic E-state index is 11.5. The van der Waals surface area contributed by atoms with Gasteiger partial charge in [0.1, 0.15) is 11.4 Å². The first kappa shape index (κ1) is 14.0. The molecule has 3 N–H and O–H groups in total. The molecule has 2 aromatic carbocycles. The van der Waals surface area contributed by atoms with Crippen molar-refractivity contribution in [2.75, 3.05) is 0 Å². The number of hydrazone groups is 1. The van der Waals surface area contributed by atoms with Gasteiger partial charge in [-0.25, -0.2) is 5.43 Å². The molecule has 5 nitrogen and oxygen atoms in total. The lowest BCUT2D eigenvalue weighted by Crippen LogP contribution is -2.39. The molecule has 0 aliphatic rings. The van der Waals surface area contributed by atoms with Crippen LogP contribution in [0.3, 0.4) is 0 Å². The molecule has 5 heteroatoms. The average molecular weight is 272 g/mol. The molecule has 0 radical (unpaired) electrons. The molecule has 0 saturated carbocycles. The molecule has 0 aromatic heterocycles. The lowest BCUT2D eigenvalue weighted by atomic mass is 10.0. The van der Waals surface area contributed by atoms with Gasteiger partial charge < -0.3 is 10.2 Å². The Bertz CT molecular complexity index is 672. The van der Waals surface area contributed by atoms with Crippen LogP contribution in [-0.4, -0.2) is 27.9 Å². The molecule has 20 heavy (non-hydrogen) atoms. The van der Waals surface area contributed by atoms with Crippen molar-refractivity contribution in [3.05, 3.63) is 42.0 Å². The summed E-state index contributed by atoms with van der Waals surface area (Å²) in [5.41, 5.74) is 1.24. The number of amides is 1. The Labute approximate surface area is 116 Å². The van der Waals surface area contributed by atoms with E-state index in [0.29, 0.717) is 5.56 Å². The van der Waals surface area contributed by atoms with Gasteiger partial charge in [-0.3, -0.25) is 4.79 Å². The van der Waals surface area contributed by atoms with Gasteiger partial charge in [0.05, 0.1) is 6.21 Å². The molecule has 0 atom stereocenters. The Morgan fingerprint density at radius 1 is 1.25 bits per heavy atom. The number of hydrogen-bond acceptors (Lipinski definition) is 4. The van der Waals surface area contributed by atoms with Crippen LogP contribution in [-0.2, 0) is 4.79 Å². The van der Waals surface area contributed by atoms with Gasteiger partial charge in [0.2, 0.25) is 0 Å². The van der Waals surface area contributed by atoms with Crippen molar-refractivity contribution in [2.45, 2.75) is 19.4 Å². The second-order valence-electron chi connectivity index (χ2n) is 4.98. The number of aliphatic hydroxyl groups is 1. The summed E-state index contributed by atoms with van der Waals surface area (Å²) in [7, 11) is 0. The molecular formula is C15H16N2O3. The lowest BCUT2D eigenvalue weighted by molar-refractivity contribution is -0.136. The molecule has 1 amide bonds. The number of nitrogens with one attached hydrogen (secondary N) is 1.